The van der Waals surface area contributed by atoms with Crippen LogP contribution in [0.1, 0.15) is 26.7 Å². The van der Waals surface area contributed by atoms with Gasteiger partial charge in [-0.3, -0.25) is 0 Å². The maximum absolute atomic E-state index is 5.64. The van der Waals surface area contributed by atoms with E-state index in [1.165, 1.54) is 0 Å². The molecule has 1 saturated heterocycles. The zero-order valence-corrected chi connectivity index (χ0v) is 12.3. The molecule has 0 saturated carbocycles. The molecule has 0 aromatic heterocycles. The fraction of sp³-hybridized carbons (Fsp3) is 1.00. The predicted octanol–water partition coefficient (Wildman–Crippen LogP) is 1.36. The Morgan fingerprint density at radius 2 is 1.94 bits per heavy atom. The van der Waals surface area contributed by atoms with Crippen molar-refractivity contribution in [2.75, 3.05) is 53.0 Å². The van der Waals surface area contributed by atoms with Gasteiger partial charge >= 0.3 is 0 Å². The van der Waals surface area contributed by atoms with Crippen molar-refractivity contribution in [2.45, 2.75) is 32.8 Å². The van der Waals surface area contributed by atoms with Gasteiger partial charge in [0.15, 0.2) is 0 Å². The predicted molar refractivity (Wildman–Crippen MR) is 75.0 cm³/mol. The van der Waals surface area contributed by atoms with Crippen molar-refractivity contribution in [2.24, 2.45) is 5.92 Å². The van der Waals surface area contributed by atoms with E-state index in [-0.39, 0.29) is 0 Å². The van der Waals surface area contributed by atoms with Crippen molar-refractivity contribution in [3.05, 3.63) is 0 Å². The first kappa shape index (κ1) is 15.9. The first-order valence-corrected chi connectivity index (χ1v) is 7.26. The van der Waals surface area contributed by atoms with Gasteiger partial charge in [-0.2, -0.15) is 0 Å². The third-order valence-electron chi connectivity index (χ3n) is 3.40. The van der Waals surface area contributed by atoms with E-state index in [0.717, 1.165) is 58.8 Å². The first-order valence-electron chi connectivity index (χ1n) is 7.26. The fourth-order valence-electron chi connectivity index (χ4n) is 2.20. The summed E-state index contributed by atoms with van der Waals surface area (Å²) in [6.07, 6.45) is 2.79. The van der Waals surface area contributed by atoms with Crippen LogP contribution in [0.15, 0.2) is 0 Å². The third kappa shape index (κ3) is 7.31. The number of hydrogen-bond donors (Lipinski definition) is 1. The van der Waals surface area contributed by atoms with Gasteiger partial charge in [-0.05, 0) is 25.3 Å². The minimum Gasteiger partial charge on any atom is -0.381 e. The monoisotopic (exact) mass is 258 g/mol. The molecule has 0 bridgehead atoms. The Balaban J connectivity index is 1.86. The van der Waals surface area contributed by atoms with E-state index in [4.69, 9.17) is 9.47 Å². The Morgan fingerprint density at radius 1 is 1.22 bits per heavy atom. The fourth-order valence-corrected chi connectivity index (χ4v) is 2.20. The molecule has 18 heavy (non-hydrogen) atoms. The average molecular weight is 258 g/mol. The first-order chi connectivity index (χ1) is 8.72. The number of likely N-dealkylation sites (tertiary alicyclic amines) is 1. The van der Waals surface area contributed by atoms with E-state index < -0.39 is 0 Å². The van der Waals surface area contributed by atoms with Gasteiger partial charge < -0.3 is 19.7 Å². The third-order valence-corrected chi connectivity index (χ3v) is 3.40. The van der Waals surface area contributed by atoms with E-state index in [1.54, 1.807) is 0 Å². The van der Waals surface area contributed by atoms with Gasteiger partial charge in [0.2, 0.25) is 0 Å². The van der Waals surface area contributed by atoms with Crippen molar-refractivity contribution < 1.29 is 9.47 Å². The standard InChI is InChI=1S/C14H30N2O2/c1-13(2)12-15-6-10-18-11-9-16-7-4-14(17-3)5-8-16/h13-15H,4-12H2,1-3H3. The molecule has 4 heteroatoms. The van der Waals surface area contributed by atoms with E-state index >= 15 is 0 Å². The summed E-state index contributed by atoms with van der Waals surface area (Å²) in [4.78, 5) is 2.47. The molecule has 1 fully saturated rings. The molecule has 4 nitrogen and oxygen atoms in total. The van der Waals surface area contributed by atoms with Crippen LogP contribution in [-0.2, 0) is 9.47 Å². The van der Waals surface area contributed by atoms with Crippen molar-refractivity contribution in [3.63, 3.8) is 0 Å². The average Bonchev–Trinajstić information content (AvgIpc) is 2.38. The molecule has 108 valence electrons. The Morgan fingerprint density at radius 3 is 2.56 bits per heavy atom. The van der Waals surface area contributed by atoms with E-state index in [9.17, 15) is 0 Å². The largest absolute Gasteiger partial charge is 0.381 e. The van der Waals surface area contributed by atoms with Gasteiger partial charge in [0.1, 0.15) is 0 Å². The summed E-state index contributed by atoms with van der Waals surface area (Å²) in [6.45, 7) is 11.5. The van der Waals surface area contributed by atoms with Gasteiger partial charge in [0, 0.05) is 33.3 Å². The van der Waals surface area contributed by atoms with Crippen LogP contribution in [0.5, 0.6) is 0 Å². The molecule has 0 spiro atoms. The van der Waals surface area contributed by atoms with Crippen LogP contribution >= 0.6 is 0 Å². The lowest BCUT2D eigenvalue weighted by molar-refractivity contribution is 0.0289. The zero-order valence-electron chi connectivity index (χ0n) is 12.3. The summed E-state index contributed by atoms with van der Waals surface area (Å²) in [7, 11) is 1.81. The molecule has 0 aliphatic carbocycles. The number of rotatable bonds is 9. The lowest BCUT2D eigenvalue weighted by Crippen LogP contribution is -2.38. The summed E-state index contributed by atoms with van der Waals surface area (Å²) >= 11 is 0. The quantitative estimate of drug-likeness (QED) is 0.633. The molecule has 0 aromatic rings. The van der Waals surface area contributed by atoms with Crippen LogP contribution in [0.4, 0.5) is 0 Å². The molecule has 0 unspecified atom stereocenters. The maximum atomic E-state index is 5.64. The molecular formula is C14H30N2O2. The molecule has 0 amide bonds. The topological polar surface area (TPSA) is 33.7 Å². The van der Waals surface area contributed by atoms with Crippen molar-refractivity contribution in [1.82, 2.24) is 10.2 Å². The number of nitrogens with zero attached hydrogens (tertiary/aromatic N) is 1. The lowest BCUT2D eigenvalue weighted by atomic mass is 10.1. The van der Waals surface area contributed by atoms with E-state index in [0.29, 0.717) is 12.0 Å². The van der Waals surface area contributed by atoms with Crippen LogP contribution in [0.3, 0.4) is 0 Å². The van der Waals surface area contributed by atoms with Gasteiger partial charge in [0.05, 0.1) is 19.3 Å². The van der Waals surface area contributed by atoms with Crippen LogP contribution in [0.2, 0.25) is 0 Å². The number of piperidine rings is 1. The van der Waals surface area contributed by atoms with Crippen molar-refractivity contribution in [1.29, 1.82) is 0 Å². The molecule has 0 aromatic carbocycles. The number of nitrogens with one attached hydrogen (secondary N) is 1. The molecule has 1 rings (SSSR count). The number of ether oxygens (including phenoxy) is 2. The second kappa shape index (κ2) is 9.73. The van der Waals surface area contributed by atoms with Crippen LogP contribution in [-0.4, -0.2) is 64.1 Å². The van der Waals surface area contributed by atoms with Crippen LogP contribution in [0, 0.1) is 5.92 Å². The summed E-state index contributed by atoms with van der Waals surface area (Å²) in [5, 5.41) is 3.38. The molecule has 0 radical (unpaired) electrons. The highest BCUT2D eigenvalue weighted by Gasteiger charge is 2.17. The lowest BCUT2D eigenvalue weighted by Gasteiger charge is -2.30. The Bertz CT molecular complexity index is 192. The highest BCUT2D eigenvalue weighted by atomic mass is 16.5. The Hall–Kier alpha value is -0.160. The molecule has 0 atom stereocenters. The molecule has 1 aliphatic rings. The van der Waals surface area contributed by atoms with E-state index in [1.807, 2.05) is 7.11 Å². The molecule has 1 aliphatic heterocycles. The molecule has 1 N–H and O–H groups in total. The summed E-state index contributed by atoms with van der Waals surface area (Å²) in [6, 6.07) is 0. The number of methoxy groups -OCH3 is 1. The number of hydrogen-bond acceptors (Lipinski definition) is 4. The molecule has 1 heterocycles. The maximum Gasteiger partial charge on any atom is 0.0595 e. The van der Waals surface area contributed by atoms with Gasteiger partial charge in [-0.25, -0.2) is 0 Å². The van der Waals surface area contributed by atoms with Crippen molar-refractivity contribution in [3.8, 4) is 0 Å². The van der Waals surface area contributed by atoms with Crippen LogP contribution < -0.4 is 5.32 Å². The van der Waals surface area contributed by atoms with Crippen molar-refractivity contribution >= 4 is 0 Å². The summed E-state index contributed by atoms with van der Waals surface area (Å²) in [5.41, 5.74) is 0. The second-order valence-corrected chi connectivity index (χ2v) is 5.49. The van der Waals surface area contributed by atoms with Gasteiger partial charge in [-0.1, -0.05) is 13.8 Å². The summed E-state index contributed by atoms with van der Waals surface area (Å²) in [5.74, 6) is 0.715. The SMILES string of the molecule is COC1CCN(CCOCCNCC(C)C)CC1. The van der Waals surface area contributed by atoms with Crippen LogP contribution in [0.25, 0.3) is 0 Å². The van der Waals surface area contributed by atoms with Gasteiger partial charge in [-0.15, -0.1) is 0 Å². The Kier molecular flexibility index (Phi) is 8.59. The molecular weight excluding hydrogens is 228 g/mol. The highest BCUT2D eigenvalue weighted by Crippen LogP contribution is 2.11. The summed E-state index contributed by atoms with van der Waals surface area (Å²) < 4.78 is 11.0. The minimum absolute atomic E-state index is 0.474. The van der Waals surface area contributed by atoms with Gasteiger partial charge in [0.25, 0.3) is 0 Å². The smallest absolute Gasteiger partial charge is 0.0595 e. The normalized spacial score (nSPS) is 18.7. The zero-order chi connectivity index (χ0) is 13.2. The Labute approximate surface area is 112 Å². The highest BCUT2D eigenvalue weighted by molar-refractivity contribution is 4.71. The second-order valence-electron chi connectivity index (χ2n) is 5.49. The van der Waals surface area contributed by atoms with E-state index in [2.05, 4.69) is 24.1 Å². The minimum atomic E-state index is 0.474.